The van der Waals surface area contributed by atoms with E-state index in [0.717, 1.165) is 65.0 Å². The molecule has 0 N–H and O–H groups in total. The van der Waals surface area contributed by atoms with E-state index < -0.39 is 0 Å². The summed E-state index contributed by atoms with van der Waals surface area (Å²) in [6, 6.07) is 8.60. The summed E-state index contributed by atoms with van der Waals surface area (Å²) >= 11 is 0. The Bertz CT molecular complexity index is 713. The maximum Gasteiger partial charge on any atom is 0.225 e. The number of aryl methyl sites for hydroxylation is 1. The lowest BCUT2D eigenvalue weighted by Crippen LogP contribution is -2.52. The van der Waals surface area contributed by atoms with Gasteiger partial charge in [0.25, 0.3) is 0 Å². The zero-order chi connectivity index (χ0) is 20.2. The van der Waals surface area contributed by atoms with Gasteiger partial charge in [0.15, 0.2) is 0 Å². The Labute approximate surface area is 175 Å². The molecule has 2 heterocycles. The van der Waals surface area contributed by atoms with Crippen LogP contribution in [0.5, 0.6) is 0 Å². The summed E-state index contributed by atoms with van der Waals surface area (Å²) in [6.45, 7) is 7.03. The number of hydrogen-bond acceptors (Lipinski definition) is 3. The summed E-state index contributed by atoms with van der Waals surface area (Å²) in [5, 5.41) is 0. The molecule has 0 radical (unpaired) electrons. The lowest BCUT2D eigenvalue weighted by molar-refractivity contribution is -0.143. The first-order chi connectivity index (χ1) is 14.1. The summed E-state index contributed by atoms with van der Waals surface area (Å²) in [6.07, 6.45) is 7.44. The van der Waals surface area contributed by atoms with Crippen molar-refractivity contribution in [1.82, 2.24) is 9.80 Å². The molecule has 3 fully saturated rings. The van der Waals surface area contributed by atoms with Crippen molar-refractivity contribution in [3.63, 3.8) is 0 Å². The Hall–Kier alpha value is -2.04. The molecule has 2 amide bonds. The number of rotatable bonds is 3. The van der Waals surface area contributed by atoms with E-state index in [0.29, 0.717) is 11.8 Å². The standard InChI is InChI=1S/C24H35N3O2/c1-19-6-5-9-22(18-19)25-14-16-27(17-15-25)24(29)21-10-12-26(13-11-21)23(28)20-7-3-2-4-8-20/h5-6,9,18,20-21H,2-4,7-8,10-17H2,1H3. The first-order valence-corrected chi connectivity index (χ1v) is 11.5. The fraction of sp³-hybridized carbons (Fsp3) is 0.667. The van der Waals surface area contributed by atoms with Crippen LogP contribution < -0.4 is 4.90 Å². The molecule has 0 atom stereocenters. The van der Waals surface area contributed by atoms with E-state index >= 15 is 0 Å². The second-order valence-corrected chi connectivity index (χ2v) is 9.09. The van der Waals surface area contributed by atoms with Crippen LogP contribution in [0.3, 0.4) is 0 Å². The molecule has 2 aliphatic heterocycles. The van der Waals surface area contributed by atoms with Gasteiger partial charge in [0.1, 0.15) is 0 Å². The van der Waals surface area contributed by atoms with E-state index in [-0.39, 0.29) is 11.8 Å². The zero-order valence-corrected chi connectivity index (χ0v) is 17.8. The summed E-state index contributed by atoms with van der Waals surface area (Å²) in [5.74, 6) is 0.989. The highest BCUT2D eigenvalue weighted by molar-refractivity contribution is 5.81. The van der Waals surface area contributed by atoms with Crippen molar-refractivity contribution in [2.24, 2.45) is 11.8 Å². The number of anilines is 1. The molecule has 3 aliphatic rings. The van der Waals surface area contributed by atoms with Crippen LogP contribution in [0.1, 0.15) is 50.5 Å². The fourth-order valence-corrected chi connectivity index (χ4v) is 5.22. The van der Waals surface area contributed by atoms with Gasteiger partial charge in [-0.15, -0.1) is 0 Å². The van der Waals surface area contributed by atoms with E-state index in [1.807, 2.05) is 4.90 Å². The highest BCUT2D eigenvalue weighted by atomic mass is 16.2. The van der Waals surface area contributed by atoms with E-state index in [4.69, 9.17) is 0 Å². The third-order valence-corrected chi connectivity index (χ3v) is 7.07. The van der Waals surface area contributed by atoms with Crippen molar-refractivity contribution in [3.05, 3.63) is 29.8 Å². The minimum atomic E-state index is 0.0934. The third kappa shape index (κ3) is 4.76. The molecular weight excluding hydrogens is 362 g/mol. The summed E-state index contributed by atoms with van der Waals surface area (Å²) in [5.41, 5.74) is 2.53. The van der Waals surface area contributed by atoms with Crippen molar-refractivity contribution in [2.75, 3.05) is 44.2 Å². The van der Waals surface area contributed by atoms with Gasteiger partial charge in [-0.3, -0.25) is 9.59 Å². The molecular formula is C24H35N3O2. The van der Waals surface area contributed by atoms with Gasteiger partial charge >= 0.3 is 0 Å². The Morgan fingerprint density at radius 2 is 1.34 bits per heavy atom. The molecule has 0 spiro atoms. The van der Waals surface area contributed by atoms with E-state index in [2.05, 4.69) is 41.0 Å². The van der Waals surface area contributed by atoms with Crippen molar-refractivity contribution >= 4 is 17.5 Å². The monoisotopic (exact) mass is 397 g/mol. The lowest BCUT2D eigenvalue weighted by atomic mass is 9.87. The molecule has 5 nitrogen and oxygen atoms in total. The largest absolute Gasteiger partial charge is 0.368 e. The van der Waals surface area contributed by atoms with Crippen LogP contribution in [0.2, 0.25) is 0 Å². The first kappa shape index (κ1) is 20.2. The van der Waals surface area contributed by atoms with Crippen molar-refractivity contribution in [2.45, 2.75) is 51.9 Å². The molecule has 1 aliphatic carbocycles. The smallest absolute Gasteiger partial charge is 0.225 e. The van der Waals surface area contributed by atoms with Gasteiger partial charge in [0, 0.05) is 56.8 Å². The number of piperazine rings is 1. The normalized spacial score (nSPS) is 22.0. The molecule has 0 bridgehead atoms. The van der Waals surface area contributed by atoms with Gasteiger partial charge < -0.3 is 14.7 Å². The van der Waals surface area contributed by atoms with Gasteiger partial charge in [-0.1, -0.05) is 31.4 Å². The zero-order valence-electron chi connectivity index (χ0n) is 17.8. The minimum Gasteiger partial charge on any atom is -0.368 e. The van der Waals surface area contributed by atoms with Gasteiger partial charge in [-0.2, -0.15) is 0 Å². The van der Waals surface area contributed by atoms with E-state index in [1.165, 1.54) is 30.5 Å². The number of amides is 2. The number of carbonyl (C=O) groups is 2. The van der Waals surface area contributed by atoms with Crippen LogP contribution >= 0.6 is 0 Å². The SMILES string of the molecule is Cc1cccc(N2CCN(C(=O)C3CCN(C(=O)C4CCCCC4)CC3)CC2)c1. The topological polar surface area (TPSA) is 43.9 Å². The molecule has 158 valence electrons. The average molecular weight is 398 g/mol. The minimum absolute atomic E-state index is 0.0934. The molecule has 1 aromatic carbocycles. The number of carbonyl (C=O) groups excluding carboxylic acids is 2. The molecule has 1 saturated carbocycles. The van der Waals surface area contributed by atoms with Crippen LogP contribution in [-0.4, -0.2) is 60.9 Å². The summed E-state index contributed by atoms with van der Waals surface area (Å²) in [7, 11) is 0. The summed E-state index contributed by atoms with van der Waals surface area (Å²) < 4.78 is 0. The van der Waals surface area contributed by atoms with Crippen LogP contribution in [0, 0.1) is 18.8 Å². The highest BCUT2D eigenvalue weighted by Crippen LogP contribution is 2.28. The highest BCUT2D eigenvalue weighted by Gasteiger charge is 2.33. The molecule has 2 saturated heterocycles. The van der Waals surface area contributed by atoms with Crippen LogP contribution in [0.25, 0.3) is 0 Å². The number of benzene rings is 1. The molecule has 5 heteroatoms. The predicted molar refractivity (Wildman–Crippen MR) is 116 cm³/mol. The number of likely N-dealkylation sites (tertiary alicyclic amines) is 1. The maximum absolute atomic E-state index is 13.0. The molecule has 0 aromatic heterocycles. The Kier molecular flexibility index (Phi) is 6.41. The number of hydrogen-bond donors (Lipinski definition) is 0. The van der Waals surface area contributed by atoms with Crippen molar-refractivity contribution in [1.29, 1.82) is 0 Å². The quantitative estimate of drug-likeness (QED) is 0.785. The van der Waals surface area contributed by atoms with Crippen LogP contribution in [0.4, 0.5) is 5.69 Å². The predicted octanol–water partition coefficient (Wildman–Crippen LogP) is 3.46. The van der Waals surface area contributed by atoms with E-state index in [1.54, 1.807) is 0 Å². The Morgan fingerprint density at radius 1 is 0.759 bits per heavy atom. The Morgan fingerprint density at radius 3 is 1.97 bits per heavy atom. The first-order valence-electron chi connectivity index (χ1n) is 11.5. The van der Waals surface area contributed by atoms with Gasteiger partial charge in [0.2, 0.25) is 11.8 Å². The summed E-state index contributed by atoms with van der Waals surface area (Å²) in [4.78, 5) is 32.2. The van der Waals surface area contributed by atoms with Crippen molar-refractivity contribution < 1.29 is 9.59 Å². The molecule has 29 heavy (non-hydrogen) atoms. The van der Waals surface area contributed by atoms with Gasteiger partial charge in [-0.25, -0.2) is 0 Å². The van der Waals surface area contributed by atoms with Crippen molar-refractivity contribution in [3.8, 4) is 0 Å². The average Bonchev–Trinajstić information content (AvgIpc) is 2.79. The lowest BCUT2D eigenvalue weighted by Gasteiger charge is -2.40. The second-order valence-electron chi connectivity index (χ2n) is 9.09. The molecule has 1 aromatic rings. The third-order valence-electron chi connectivity index (χ3n) is 7.07. The van der Waals surface area contributed by atoms with Crippen LogP contribution in [0.15, 0.2) is 24.3 Å². The van der Waals surface area contributed by atoms with Gasteiger partial charge in [-0.05, 0) is 50.3 Å². The molecule has 4 rings (SSSR count). The van der Waals surface area contributed by atoms with Gasteiger partial charge in [0.05, 0.1) is 0 Å². The number of piperidine rings is 1. The number of nitrogens with zero attached hydrogens (tertiary/aromatic N) is 3. The molecule has 0 unspecified atom stereocenters. The van der Waals surface area contributed by atoms with Crippen LogP contribution in [-0.2, 0) is 9.59 Å². The van der Waals surface area contributed by atoms with E-state index in [9.17, 15) is 9.59 Å². The fourth-order valence-electron chi connectivity index (χ4n) is 5.22. The second kappa shape index (κ2) is 9.19. The maximum atomic E-state index is 13.0. The Balaban J connectivity index is 1.24.